The van der Waals surface area contributed by atoms with Gasteiger partial charge in [0.15, 0.2) is 0 Å². The van der Waals surface area contributed by atoms with Crippen LogP contribution in [-0.2, 0) is 0 Å². The number of hydrogen-bond donors (Lipinski definition) is 1. The molecule has 0 aliphatic carbocycles. The molecule has 0 atom stereocenters. The minimum Gasteiger partial charge on any atom is -0.278 e. The van der Waals surface area contributed by atoms with Gasteiger partial charge in [0, 0.05) is 4.47 Å². The lowest BCUT2D eigenvalue weighted by molar-refractivity contribution is 1.32. The molecule has 0 saturated carbocycles. The van der Waals surface area contributed by atoms with Crippen LogP contribution < -0.4 is 5.43 Å². The highest BCUT2D eigenvalue weighted by molar-refractivity contribution is 9.10. The molecule has 0 unspecified atom stereocenters. The highest BCUT2D eigenvalue weighted by Crippen LogP contribution is 2.14. The van der Waals surface area contributed by atoms with Crippen molar-refractivity contribution in [2.45, 2.75) is 13.8 Å². The number of benzene rings is 2. The summed E-state index contributed by atoms with van der Waals surface area (Å²) in [7, 11) is 0. The van der Waals surface area contributed by atoms with Crippen LogP contribution in [0.15, 0.2) is 58.1 Å². The van der Waals surface area contributed by atoms with Gasteiger partial charge in [-0.25, -0.2) is 0 Å². The second-order valence-corrected chi connectivity index (χ2v) is 5.10. The molecule has 2 aromatic rings. The molecule has 0 saturated heterocycles. The smallest absolute Gasteiger partial charge is 0.0648 e. The predicted molar refractivity (Wildman–Crippen MR) is 81.2 cm³/mol. The number of nitrogens with one attached hydrogen (secondary N) is 1. The summed E-state index contributed by atoms with van der Waals surface area (Å²) in [6, 6.07) is 16.3. The van der Waals surface area contributed by atoms with Crippen LogP contribution in [-0.4, -0.2) is 5.71 Å². The van der Waals surface area contributed by atoms with E-state index in [4.69, 9.17) is 0 Å². The molecule has 2 nitrogen and oxygen atoms in total. The van der Waals surface area contributed by atoms with E-state index in [-0.39, 0.29) is 0 Å². The molecular weight excluding hydrogens is 288 g/mol. The van der Waals surface area contributed by atoms with Gasteiger partial charge in [-0.2, -0.15) is 5.10 Å². The molecule has 0 bridgehead atoms. The number of halogens is 1. The molecular formula is C15H15BrN2. The molecule has 0 fully saturated rings. The number of hydrogen-bond acceptors (Lipinski definition) is 2. The average Bonchev–Trinajstić information content (AvgIpc) is 2.38. The van der Waals surface area contributed by atoms with Crippen molar-refractivity contribution in [2.24, 2.45) is 5.10 Å². The van der Waals surface area contributed by atoms with Gasteiger partial charge in [-0.1, -0.05) is 45.8 Å². The lowest BCUT2D eigenvalue weighted by Crippen LogP contribution is -1.99. The van der Waals surface area contributed by atoms with Crippen LogP contribution in [0.4, 0.5) is 5.69 Å². The summed E-state index contributed by atoms with van der Waals surface area (Å²) in [5.41, 5.74) is 7.39. The summed E-state index contributed by atoms with van der Waals surface area (Å²) >= 11 is 3.41. The molecule has 0 aliphatic heterocycles. The summed E-state index contributed by atoms with van der Waals surface area (Å²) in [4.78, 5) is 0. The van der Waals surface area contributed by atoms with Crippen molar-refractivity contribution in [1.29, 1.82) is 0 Å². The van der Waals surface area contributed by atoms with E-state index in [1.807, 2.05) is 31.2 Å². The Bertz CT molecular complexity index is 542. The minimum absolute atomic E-state index is 0.970. The van der Waals surface area contributed by atoms with Crippen LogP contribution in [0.5, 0.6) is 0 Å². The van der Waals surface area contributed by atoms with Crippen LogP contribution in [0.25, 0.3) is 0 Å². The molecule has 2 rings (SSSR count). The Morgan fingerprint density at radius 3 is 2.22 bits per heavy atom. The van der Waals surface area contributed by atoms with Gasteiger partial charge < -0.3 is 0 Å². The Morgan fingerprint density at radius 2 is 1.61 bits per heavy atom. The zero-order valence-corrected chi connectivity index (χ0v) is 12.0. The molecule has 18 heavy (non-hydrogen) atoms. The molecule has 0 aromatic heterocycles. The van der Waals surface area contributed by atoms with Gasteiger partial charge in [0.2, 0.25) is 0 Å². The Kier molecular flexibility index (Phi) is 4.15. The summed E-state index contributed by atoms with van der Waals surface area (Å²) in [5.74, 6) is 0. The summed E-state index contributed by atoms with van der Waals surface area (Å²) in [6.07, 6.45) is 0. The first-order chi connectivity index (χ1) is 8.65. The fourth-order valence-corrected chi connectivity index (χ4v) is 1.80. The molecule has 3 heteroatoms. The standard InChI is InChI=1S/C15H15BrN2/c1-11-3-5-13(6-4-11)12(2)17-18-15-9-7-14(16)8-10-15/h3-10,18H,1-2H3. The van der Waals surface area contributed by atoms with Crippen LogP contribution in [0, 0.1) is 6.92 Å². The fraction of sp³-hybridized carbons (Fsp3) is 0.133. The largest absolute Gasteiger partial charge is 0.278 e. The summed E-state index contributed by atoms with van der Waals surface area (Å²) in [5, 5.41) is 4.38. The van der Waals surface area contributed by atoms with E-state index >= 15 is 0 Å². The van der Waals surface area contributed by atoms with Crippen LogP contribution in [0.3, 0.4) is 0 Å². The van der Waals surface area contributed by atoms with E-state index < -0.39 is 0 Å². The van der Waals surface area contributed by atoms with Crippen molar-refractivity contribution in [3.8, 4) is 0 Å². The highest BCUT2D eigenvalue weighted by Gasteiger charge is 1.97. The maximum Gasteiger partial charge on any atom is 0.0648 e. The van der Waals surface area contributed by atoms with Crippen molar-refractivity contribution >= 4 is 27.3 Å². The number of hydrazone groups is 1. The van der Waals surface area contributed by atoms with Crippen LogP contribution in [0.1, 0.15) is 18.1 Å². The molecule has 92 valence electrons. The Labute approximate surface area is 116 Å². The second kappa shape index (κ2) is 5.83. The van der Waals surface area contributed by atoms with Crippen molar-refractivity contribution in [2.75, 3.05) is 5.43 Å². The topological polar surface area (TPSA) is 24.4 Å². The van der Waals surface area contributed by atoms with Gasteiger partial charge in [0.1, 0.15) is 0 Å². The highest BCUT2D eigenvalue weighted by atomic mass is 79.9. The maximum absolute atomic E-state index is 4.38. The van der Waals surface area contributed by atoms with Gasteiger partial charge in [0.05, 0.1) is 11.4 Å². The quantitative estimate of drug-likeness (QED) is 0.650. The third-order valence-electron chi connectivity index (χ3n) is 2.67. The third-order valence-corrected chi connectivity index (χ3v) is 3.19. The summed E-state index contributed by atoms with van der Waals surface area (Å²) in [6.45, 7) is 4.08. The number of aryl methyl sites for hydroxylation is 1. The first-order valence-corrected chi connectivity index (χ1v) is 6.57. The van der Waals surface area contributed by atoms with E-state index in [9.17, 15) is 0 Å². The van der Waals surface area contributed by atoms with E-state index in [2.05, 4.69) is 57.6 Å². The Hall–Kier alpha value is -1.61. The Balaban J connectivity index is 2.09. The normalized spacial score (nSPS) is 11.4. The number of anilines is 1. The second-order valence-electron chi connectivity index (χ2n) is 4.18. The molecule has 1 N–H and O–H groups in total. The molecule has 0 aliphatic rings. The monoisotopic (exact) mass is 302 g/mol. The summed E-state index contributed by atoms with van der Waals surface area (Å²) < 4.78 is 1.06. The molecule has 0 spiro atoms. The van der Waals surface area contributed by atoms with E-state index in [1.165, 1.54) is 5.56 Å². The van der Waals surface area contributed by atoms with Gasteiger partial charge in [-0.05, 0) is 43.7 Å². The Morgan fingerprint density at radius 1 is 1.00 bits per heavy atom. The van der Waals surface area contributed by atoms with Crippen LogP contribution >= 0.6 is 15.9 Å². The van der Waals surface area contributed by atoms with Gasteiger partial charge in [-0.3, -0.25) is 5.43 Å². The number of nitrogens with zero attached hydrogens (tertiary/aromatic N) is 1. The van der Waals surface area contributed by atoms with E-state index in [0.29, 0.717) is 0 Å². The SMILES string of the molecule is CC(=NNc1ccc(Br)cc1)c1ccc(C)cc1. The van der Waals surface area contributed by atoms with Crippen molar-refractivity contribution < 1.29 is 0 Å². The maximum atomic E-state index is 4.38. The van der Waals surface area contributed by atoms with E-state index in [1.54, 1.807) is 0 Å². The first kappa shape index (κ1) is 12.8. The molecule has 0 heterocycles. The van der Waals surface area contributed by atoms with Gasteiger partial charge in [0.25, 0.3) is 0 Å². The predicted octanol–water partition coefficient (Wildman–Crippen LogP) is 4.59. The zero-order valence-electron chi connectivity index (χ0n) is 10.4. The fourth-order valence-electron chi connectivity index (χ4n) is 1.53. The van der Waals surface area contributed by atoms with E-state index in [0.717, 1.165) is 21.4 Å². The van der Waals surface area contributed by atoms with Gasteiger partial charge in [-0.15, -0.1) is 0 Å². The van der Waals surface area contributed by atoms with Crippen molar-refractivity contribution in [3.63, 3.8) is 0 Å². The minimum atomic E-state index is 0.970. The zero-order chi connectivity index (χ0) is 13.0. The van der Waals surface area contributed by atoms with Crippen molar-refractivity contribution in [1.82, 2.24) is 0 Å². The molecule has 0 amide bonds. The van der Waals surface area contributed by atoms with Crippen molar-refractivity contribution in [3.05, 3.63) is 64.1 Å². The first-order valence-electron chi connectivity index (χ1n) is 5.78. The average molecular weight is 303 g/mol. The number of rotatable bonds is 3. The van der Waals surface area contributed by atoms with Crippen LogP contribution in [0.2, 0.25) is 0 Å². The van der Waals surface area contributed by atoms with Gasteiger partial charge >= 0.3 is 0 Å². The lowest BCUT2D eigenvalue weighted by Gasteiger charge is -2.04. The molecule has 2 aromatic carbocycles. The third kappa shape index (κ3) is 3.44. The lowest BCUT2D eigenvalue weighted by atomic mass is 10.1. The molecule has 0 radical (unpaired) electrons.